The Morgan fingerprint density at radius 1 is 1.23 bits per heavy atom. The number of nitrogens with zero attached hydrogens (tertiary/aromatic N) is 1. The lowest BCUT2D eigenvalue weighted by Gasteiger charge is -2.33. The molecule has 30 heavy (non-hydrogen) atoms. The average molecular weight is 415 g/mol. The summed E-state index contributed by atoms with van der Waals surface area (Å²) in [5.41, 5.74) is 6.17. The number of fused-ring (bicyclic) bond motifs is 1. The summed E-state index contributed by atoms with van der Waals surface area (Å²) < 4.78 is 0. The molecule has 1 aromatic carbocycles. The zero-order valence-corrected chi connectivity index (χ0v) is 17.5. The first-order valence-corrected chi connectivity index (χ1v) is 10.5. The first kappa shape index (κ1) is 21.8. The van der Waals surface area contributed by atoms with Crippen molar-refractivity contribution in [1.82, 2.24) is 15.2 Å². The van der Waals surface area contributed by atoms with Crippen LogP contribution in [0.25, 0.3) is 10.9 Å². The predicted molar refractivity (Wildman–Crippen MR) is 110 cm³/mol. The van der Waals surface area contributed by atoms with Gasteiger partial charge in [-0.05, 0) is 30.4 Å². The van der Waals surface area contributed by atoms with E-state index in [0.29, 0.717) is 32.4 Å². The van der Waals surface area contributed by atoms with E-state index in [0.717, 1.165) is 16.5 Å². The molecule has 0 saturated carbocycles. The Morgan fingerprint density at radius 2 is 1.90 bits per heavy atom. The number of piperidine rings is 1. The van der Waals surface area contributed by atoms with E-state index in [1.54, 1.807) is 18.7 Å². The zero-order valence-electron chi connectivity index (χ0n) is 17.5. The molecule has 0 unspecified atom stereocenters. The van der Waals surface area contributed by atoms with Gasteiger partial charge in [-0.15, -0.1) is 0 Å². The van der Waals surface area contributed by atoms with Crippen molar-refractivity contribution in [2.24, 2.45) is 11.8 Å². The molecule has 1 fully saturated rings. The fraction of sp³-hybridized carbons (Fsp3) is 0.500. The molecule has 0 spiro atoms. The molecule has 0 aliphatic carbocycles. The van der Waals surface area contributed by atoms with Gasteiger partial charge in [0.05, 0.1) is 12.0 Å². The van der Waals surface area contributed by atoms with E-state index in [2.05, 4.69) is 16.0 Å². The van der Waals surface area contributed by atoms with E-state index in [9.17, 15) is 19.5 Å². The number of carboxylic acid groups (broad SMARTS) is 1. The molecule has 2 heterocycles. The predicted octanol–water partition coefficient (Wildman–Crippen LogP) is -0.550. The van der Waals surface area contributed by atoms with Crippen LogP contribution < -0.4 is 16.2 Å². The van der Waals surface area contributed by atoms with Crippen LogP contribution in [0.15, 0.2) is 30.5 Å². The van der Waals surface area contributed by atoms with Gasteiger partial charge >= 0.3 is 0 Å². The molecule has 1 saturated heterocycles. The second-order valence-corrected chi connectivity index (χ2v) is 8.41. The third-order valence-electron chi connectivity index (χ3n) is 5.89. The molecule has 0 radical (unpaired) electrons. The summed E-state index contributed by atoms with van der Waals surface area (Å²) in [5.74, 6) is -2.13. The summed E-state index contributed by atoms with van der Waals surface area (Å²) in [6.45, 7) is 4.39. The van der Waals surface area contributed by atoms with E-state index < -0.39 is 18.1 Å². The monoisotopic (exact) mass is 414 g/mol. The summed E-state index contributed by atoms with van der Waals surface area (Å²) in [7, 11) is 0. The van der Waals surface area contributed by atoms with Crippen LogP contribution in [-0.4, -0.2) is 52.8 Å². The number of likely N-dealkylation sites (tertiary alicyclic amines) is 1. The maximum absolute atomic E-state index is 12.9. The third kappa shape index (κ3) is 4.81. The zero-order chi connectivity index (χ0) is 21.8. The average Bonchev–Trinajstić information content (AvgIpc) is 3.13. The molecule has 1 aromatic heterocycles. The summed E-state index contributed by atoms with van der Waals surface area (Å²) in [5, 5.41) is 14.9. The number of aromatic amines is 1. The van der Waals surface area contributed by atoms with Gasteiger partial charge in [-0.1, -0.05) is 32.0 Å². The van der Waals surface area contributed by atoms with Crippen molar-refractivity contribution in [1.29, 1.82) is 0 Å². The van der Waals surface area contributed by atoms with Gasteiger partial charge < -0.3 is 30.8 Å². The van der Waals surface area contributed by atoms with Crippen LogP contribution in [0.4, 0.5) is 0 Å². The number of hydrogen-bond acceptors (Lipinski definition) is 4. The molecule has 1 aliphatic heterocycles. The highest BCUT2D eigenvalue weighted by atomic mass is 16.4. The minimum atomic E-state index is -1.27. The molecule has 0 bridgehead atoms. The van der Waals surface area contributed by atoms with E-state index in [1.165, 1.54) is 0 Å². The standard InChI is InChI=1S/C22H30N4O4/c1-13(2)19(22(29)30)25-20(27)14-7-9-26(10-8-14)21(28)17(23)11-15-12-24-18-6-4-3-5-16(15)18/h3-6,12-14,17,19,24H,7-11,23H2,1-2H3,(H,25,27)(H,29,30)/t17-,19-/m0/s1. The Kier molecular flexibility index (Phi) is 6.77. The number of quaternary nitrogens is 1. The number of carbonyl (C=O) groups is 3. The highest BCUT2D eigenvalue weighted by Crippen LogP contribution is 2.21. The number of H-pyrrole nitrogens is 1. The van der Waals surface area contributed by atoms with Crippen molar-refractivity contribution in [2.75, 3.05) is 13.1 Å². The third-order valence-corrected chi connectivity index (χ3v) is 5.89. The summed E-state index contributed by atoms with van der Waals surface area (Å²) in [6.07, 6.45) is 3.49. The van der Waals surface area contributed by atoms with E-state index in [1.807, 2.05) is 30.5 Å². The number of carboxylic acids is 1. The van der Waals surface area contributed by atoms with Crippen molar-refractivity contribution in [2.45, 2.75) is 45.2 Å². The fourth-order valence-electron chi connectivity index (χ4n) is 4.04. The summed E-state index contributed by atoms with van der Waals surface area (Å²) in [4.78, 5) is 41.5. The molecule has 162 valence electrons. The van der Waals surface area contributed by atoms with Crippen LogP contribution in [0.2, 0.25) is 0 Å². The number of para-hydroxylation sites is 1. The van der Waals surface area contributed by atoms with Crippen molar-refractivity contribution in [3.63, 3.8) is 0 Å². The molecule has 5 N–H and O–H groups in total. The van der Waals surface area contributed by atoms with Gasteiger partial charge in [0.2, 0.25) is 5.91 Å². The van der Waals surface area contributed by atoms with Crippen LogP contribution in [0.5, 0.6) is 0 Å². The number of nitrogens with one attached hydrogen (secondary N) is 2. The van der Waals surface area contributed by atoms with Gasteiger partial charge in [0, 0.05) is 42.5 Å². The Bertz CT molecular complexity index is 915. The quantitative estimate of drug-likeness (QED) is 0.561. The Labute approximate surface area is 175 Å². The van der Waals surface area contributed by atoms with Crippen LogP contribution in [0, 0.1) is 11.8 Å². The summed E-state index contributed by atoms with van der Waals surface area (Å²) in [6, 6.07) is 6.56. The number of carbonyl (C=O) groups excluding carboxylic acids is 3. The van der Waals surface area contributed by atoms with Gasteiger partial charge in [0.15, 0.2) is 6.04 Å². The molecule has 2 amide bonds. The SMILES string of the molecule is CC(C)[C@H](NC(=O)C1CCN(C(=O)[C@@H]([NH3+])Cc2c[nH]c3ccccc23)CC1)C(=O)[O-]. The van der Waals surface area contributed by atoms with Crippen molar-refractivity contribution in [3.8, 4) is 0 Å². The van der Waals surface area contributed by atoms with E-state index in [4.69, 9.17) is 0 Å². The van der Waals surface area contributed by atoms with Crippen LogP contribution >= 0.6 is 0 Å². The molecule has 3 rings (SSSR count). The minimum absolute atomic E-state index is 0.0195. The number of amides is 2. The molecule has 2 aromatic rings. The first-order chi connectivity index (χ1) is 14.3. The van der Waals surface area contributed by atoms with Gasteiger partial charge in [0.1, 0.15) is 0 Å². The smallest absolute Gasteiger partial charge is 0.281 e. The number of aliphatic carboxylic acids is 1. The lowest BCUT2D eigenvalue weighted by molar-refractivity contribution is -0.405. The molecule has 8 heteroatoms. The van der Waals surface area contributed by atoms with E-state index in [-0.39, 0.29) is 23.7 Å². The second-order valence-electron chi connectivity index (χ2n) is 8.41. The Balaban J connectivity index is 1.53. The number of benzene rings is 1. The largest absolute Gasteiger partial charge is 0.548 e. The van der Waals surface area contributed by atoms with Crippen LogP contribution in [0.1, 0.15) is 32.3 Å². The maximum atomic E-state index is 12.9. The number of hydrogen-bond donors (Lipinski definition) is 3. The molecular formula is C22H30N4O4. The Hall–Kier alpha value is -2.87. The van der Waals surface area contributed by atoms with Crippen molar-refractivity contribution in [3.05, 3.63) is 36.0 Å². The van der Waals surface area contributed by atoms with Gasteiger partial charge in [-0.2, -0.15) is 0 Å². The first-order valence-electron chi connectivity index (χ1n) is 10.5. The molecule has 2 atom stereocenters. The van der Waals surface area contributed by atoms with Crippen LogP contribution in [0.3, 0.4) is 0 Å². The molecule has 8 nitrogen and oxygen atoms in total. The molecule has 1 aliphatic rings. The molecular weight excluding hydrogens is 384 g/mol. The minimum Gasteiger partial charge on any atom is -0.548 e. The number of aromatic nitrogens is 1. The van der Waals surface area contributed by atoms with Crippen LogP contribution in [-0.2, 0) is 20.8 Å². The number of rotatable bonds is 7. The van der Waals surface area contributed by atoms with Crippen molar-refractivity contribution >= 4 is 28.7 Å². The summed E-state index contributed by atoms with van der Waals surface area (Å²) >= 11 is 0. The second kappa shape index (κ2) is 9.30. The Morgan fingerprint density at radius 3 is 2.53 bits per heavy atom. The van der Waals surface area contributed by atoms with Gasteiger partial charge in [-0.25, -0.2) is 0 Å². The topological polar surface area (TPSA) is 133 Å². The lowest BCUT2D eigenvalue weighted by Crippen LogP contribution is -2.69. The normalized spacial score (nSPS) is 17.1. The van der Waals surface area contributed by atoms with Crippen molar-refractivity contribution < 1.29 is 25.2 Å². The highest BCUT2D eigenvalue weighted by Gasteiger charge is 2.32. The fourth-order valence-corrected chi connectivity index (χ4v) is 4.04. The van der Waals surface area contributed by atoms with Gasteiger partial charge in [-0.3, -0.25) is 9.59 Å². The maximum Gasteiger partial charge on any atom is 0.281 e. The van der Waals surface area contributed by atoms with Gasteiger partial charge in [0.25, 0.3) is 5.91 Å². The lowest BCUT2D eigenvalue weighted by atomic mass is 9.93. The highest BCUT2D eigenvalue weighted by molar-refractivity contribution is 5.86. The van der Waals surface area contributed by atoms with E-state index >= 15 is 0 Å².